The summed E-state index contributed by atoms with van der Waals surface area (Å²) in [6.07, 6.45) is 0.872. The van der Waals surface area contributed by atoms with Crippen molar-refractivity contribution in [2.24, 2.45) is 0 Å². The molecule has 0 bridgehead atoms. The summed E-state index contributed by atoms with van der Waals surface area (Å²) in [5.74, 6) is -0.0294. The molecule has 0 atom stereocenters. The van der Waals surface area contributed by atoms with Crippen molar-refractivity contribution in [2.45, 2.75) is 20.3 Å². The van der Waals surface area contributed by atoms with Crippen molar-refractivity contribution in [3.05, 3.63) is 15.6 Å². The number of aromatic nitrogens is 1. The summed E-state index contributed by atoms with van der Waals surface area (Å²) in [5.41, 5.74) is 0.821. The molecule has 0 aliphatic heterocycles. The quantitative estimate of drug-likeness (QED) is 0.713. The zero-order valence-electron chi connectivity index (χ0n) is 11.6. The number of methoxy groups -OCH3 is 1. The zero-order valence-corrected chi connectivity index (χ0v) is 13.2. The van der Waals surface area contributed by atoms with E-state index in [-0.39, 0.29) is 18.3 Å². The van der Waals surface area contributed by atoms with Crippen LogP contribution in [0.1, 0.15) is 27.3 Å². The second kappa shape index (κ2) is 10.1. The summed E-state index contributed by atoms with van der Waals surface area (Å²) in [5, 5.41) is 7.06. The van der Waals surface area contributed by atoms with Gasteiger partial charge in [-0.05, 0) is 13.3 Å². The molecule has 110 valence electrons. The molecule has 2 N–H and O–H groups in total. The van der Waals surface area contributed by atoms with Crippen molar-refractivity contribution in [3.8, 4) is 0 Å². The van der Waals surface area contributed by atoms with Crippen LogP contribution in [0.5, 0.6) is 0 Å². The number of carbonyl (C=O) groups is 1. The van der Waals surface area contributed by atoms with E-state index in [0.29, 0.717) is 13.2 Å². The first kappa shape index (κ1) is 18.3. The molecular weight excluding hydrogens is 286 g/mol. The maximum Gasteiger partial charge on any atom is 0.263 e. The standard InChI is InChI=1S/C12H21N3O2S.ClH/c1-4-10-15-9(2)11(18-10)12(16)14-6-5-13-7-8-17-3;/h13H,4-8H2,1-3H3,(H,14,16);1H. The fourth-order valence-electron chi connectivity index (χ4n) is 1.46. The highest BCUT2D eigenvalue weighted by Gasteiger charge is 2.13. The molecular formula is C12H22ClN3O2S. The van der Waals surface area contributed by atoms with Crippen LogP contribution in [0.25, 0.3) is 0 Å². The van der Waals surface area contributed by atoms with E-state index in [1.54, 1.807) is 7.11 Å². The number of nitrogens with zero attached hydrogens (tertiary/aromatic N) is 1. The Morgan fingerprint density at radius 2 is 2.11 bits per heavy atom. The van der Waals surface area contributed by atoms with Crippen LogP contribution in [0.4, 0.5) is 0 Å². The van der Waals surface area contributed by atoms with Gasteiger partial charge in [0, 0.05) is 26.7 Å². The number of ether oxygens (including phenoxy) is 1. The molecule has 1 rings (SSSR count). The summed E-state index contributed by atoms with van der Waals surface area (Å²) >= 11 is 1.48. The number of halogens is 1. The number of rotatable bonds is 8. The average Bonchev–Trinajstić information content (AvgIpc) is 2.75. The van der Waals surface area contributed by atoms with Gasteiger partial charge in [-0.1, -0.05) is 6.92 Å². The molecule has 0 radical (unpaired) electrons. The summed E-state index contributed by atoms with van der Waals surface area (Å²) in [6, 6.07) is 0. The summed E-state index contributed by atoms with van der Waals surface area (Å²) in [4.78, 5) is 17.0. The topological polar surface area (TPSA) is 63.2 Å². The van der Waals surface area contributed by atoms with Crippen molar-refractivity contribution in [1.82, 2.24) is 15.6 Å². The average molecular weight is 308 g/mol. The highest BCUT2D eigenvalue weighted by Crippen LogP contribution is 2.17. The molecule has 0 aliphatic rings. The van der Waals surface area contributed by atoms with Gasteiger partial charge in [0.2, 0.25) is 0 Å². The van der Waals surface area contributed by atoms with Gasteiger partial charge in [0.15, 0.2) is 0 Å². The Kier molecular flexibility index (Phi) is 9.77. The van der Waals surface area contributed by atoms with Gasteiger partial charge in [0.05, 0.1) is 17.3 Å². The van der Waals surface area contributed by atoms with Gasteiger partial charge in [-0.25, -0.2) is 4.98 Å². The van der Waals surface area contributed by atoms with E-state index >= 15 is 0 Å². The van der Waals surface area contributed by atoms with Crippen LogP contribution in [-0.2, 0) is 11.2 Å². The van der Waals surface area contributed by atoms with Gasteiger partial charge >= 0.3 is 0 Å². The fourth-order valence-corrected chi connectivity index (χ4v) is 2.38. The van der Waals surface area contributed by atoms with Gasteiger partial charge < -0.3 is 15.4 Å². The first-order valence-corrected chi connectivity index (χ1v) is 6.94. The first-order chi connectivity index (χ1) is 8.69. The Morgan fingerprint density at radius 1 is 1.37 bits per heavy atom. The number of carbonyl (C=O) groups excluding carboxylic acids is 1. The van der Waals surface area contributed by atoms with Crippen LogP contribution < -0.4 is 10.6 Å². The summed E-state index contributed by atoms with van der Waals surface area (Å²) < 4.78 is 4.91. The SMILES string of the molecule is CCc1nc(C)c(C(=O)NCCNCCOC)s1.Cl. The van der Waals surface area contributed by atoms with Crippen LogP contribution in [0, 0.1) is 6.92 Å². The van der Waals surface area contributed by atoms with Gasteiger partial charge in [-0.15, -0.1) is 23.7 Å². The molecule has 0 aliphatic carbocycles. The Hall–Kier alpha value is -0.690. The van der Waals surface area contributed by atoms with E-state index in [9.17, 15) is 4.79 Å². The molecule has 1 heterocycles. The number of nitrogens with one attached hydrogen (secondary N) is 2. The number of hydrogen-bond donors (Lipinski definition) is 2. The lowest BCUT2D eigenvalue weighted by Gasteiger charge is -2.05. The predicted octanol–water partition coefficient (Wildman–Crippen LogP) is 1.40. The highest BCUT2D eigenvalue weighted by atomic mass is 35.5. The maximum absolute atomic E-state index is 11.9. The lowest BCUT2D eigenvalue weighted by atomic mass is 10.3. The minimum atomic E-state index is -0.0294. The van der Waals surface area contributed by atoms with Crippen molar-refractivity contribution in [2.75, 3.05) is 33.4 Å². The number of hydrogen-bond acceptors (Lipinski definition) is 5. The molecule has 7 heteroatoms. The minimum Gasteiger partial charge on any atom is -0.383 e. The highest BCUT2D eigenvalue weighted by molar-refractivity contribution is 7.13. The Bertz CT molecular complexity index is 385. The second-order valence-electron chi connectivity index (χ2n) is 3.87. The van der Waals surface area contributed by atoms with E-state index < -0.39 is 0 Å². The molecule has 0 spiro atoms. The first-order valence-electron chi connectivity index (χ1n) is 6.13. The number of aryl methyl sites for hydroxylation is 2. The Balaban J connectivity index is 0.00000324. The fraction of sp³-hybridized carbons (Fsp3) is 0.667. The molecule has 0 saturated carbocycles. The zero-order chi connectivity index (χ0) is 13.4. The van der Waals surface area contributed by atoms with Crippen molar-refractivity contribution in [1.29, 1.82) is 0 Å². The van der Waals surface area contributed by atoms with E-state index in [1.165, 1.54) is 11.3 Å². The van der Waals surface area contributed by atoms with E-state index in [2.05, 4.69) is 15.6 Å². The van der Waals surface area contributed by atoms with Gasteiger partial charge in [0.1, 0.15) is 4.88 Å². The maximum atomic E-state index is 11.9. The lowest BCUT2D eigenvalue weighted by Crippen LogP contribution is -2.33. The number of thiazole rings is 1. The van der Waals surface area contributed by atoms with Crippen molar-refractivity contribution < 1.29 is 9.53 Å². The van der Waals surface area contributed by atoms with Gasteiger partial charge in [-0.2, -0.15) is 0 Å². The van der Waals surface area contributed by atoms with Crippen LogP contribution in [0.3, 0.4) is 0 Å². The molecule has 1 aromatic rings. The van der Waals surface area contributed by atoms with Crippen LogP contribution in [0.15, 0.2) is 0 Å². The largest absolute Gasteiger partial charge is 0.383 e. The molecule has 5 nitrogen and oxygen atoms in total. The molecule has 1 aromatic heterocycles. The van der Waals surface area contributed by atoms with Crippen LogP contribution in [0.2, 0.25) is 0 Å². The van der Waals surface area contributed by atoms with E-state index in [4.69, 9.17) is 4.74 Å². The molecule has 0 aromatic carbocycles. The minimum absolute atomic E-state index is 0. The van der Waals surface area contributed by atoms with Crippen LogP contribution in [-0.4, -0.2) is 44.2 Å². The lowest BCUT2D eigenvalue weighted by molar-refractivity contribution is 0.0957. The van der Waals surface area contributed by atoms with E-state index in [1.807, 2.05) is 13.8 Å². The normalized spacial score (nSPS) is 10.1. The molecule has 0 unspecified atom stereocenters. The van der Waals surface area contributed by atoms with Crippen molar-refractivity contribution in [3.63, 3.8) is 0 Å². The smallest absolute Gasteiger partial charge is 0.263 e. The van der Waals surface area contributed by atoms with Gasteiger partial charge in [0.25, 0.3) is 5.91 Å². The summed E-state index contributed by atoms with van der Waals surface area (Å²) in [7, 11) is 1.67. The predicted molar refractivity (Wildman–Crippen MR) is 80.6 cm³/mol. The third-order valence-corrected chi connectivity index (χ3v) is 3.72. The number of amides is 1. The van der Waals surface area contributed by atoms with Crippen molar-refractivity contribution >= 4 is 29.7 Å². The third kappa shape index (κ3) is 6.33. The van der Waals surface area contributed by atoms with E-state index in [0.717, 1.165) is 35.1 Å². The molecule has 0 saturated heterocycles. The molecule has 1 amide bonds. The second-order valence-corrected chi connectivity index (χ2v) is 4.96. The third-order valence-electron chi connectivity index (χ3n) is 2.42. The Labute approximate surface area is 124 Å². The van der Waals surface area contributed by atoms with Crippen LogP contribution >= 0.6 is 23.7 Å². The molecule has 0 fully saturated rings. The monoisotopic (exact) mass is 307 g/mol. The Morgan fingerprint density at radius 3 is 2.68 bits per heavy atom. The summed E-state index contributed by atoms with van der Waals surface area (Å²) in [6.45, 7) is 6.75. The molecule has 19 heavy (non-hydrogen) atoms. The van der Waals surface area contributed by atoms with Gasteiger partial charge in [-0.3, -0.25) is 4.79 Å².